The van der Waals surface area contributed by atoms with Crippen molar-refractivity contribution < 1.29 is 38.1 Å². The fraction of sp³-hybridized carbons (Fsp3) is 0.412. The maximum Gasteiger partial charge on any atom is 0.258 e. The lowest BCUT2D eigenvalue weighted by atomic mass is 9.57. The van der Waals surface area contributed by atoms with Crippen molar-refractivity contribution in [2.75, 3.05) is 19.1 Å². The smallest absolute Gasteiger partial charge is 0.258 e. The molecule has 2 aliphatic carbocycles. The van der Waals surface area contributed by atoms with Crippen molar-refractivity contribution in [3.63, 3.8) is 0 Å². The number of alkyl halides is 2. The Kier molecular flexibility index (Phi) is 7.56. The second-order valence-corrected chi connectivity index (χ2v) is 14.4. The SMILES string of the molecule is COc1cc(C=C[C@H]2C3=CC[C@@H]4C(=O)N(C(C)(C)C)C(=O)[C@@H]4[C@@H]3C[C@@]3(Cl)C(=O)N(c4ccc(F)cc4)C(=O)[C@@]23Cl)cc(OC)c1O. The molecule has 0 radical (unpaired) electrons. The zero-order valence-electron chi connectivity index (χ0n) is 25.8. The zero-order valence-corrected chi connectivity index (χ0v) is 27.4. The normalized spacial score (nSPS) is 30.8. The molecular weight excluding hydrogens is 638 g/mol. The van der Waals surface area contributed by atoms with E-state index in [9.17, 15) is 28.7 Å². The van der Waals surface area contributed by atoms with Gasteiger partial charge in [-0.3, -0.25) is 24.1 Å². The summed E-state index contributed by atoms with van der Waals surface area (Å²) in [5, 5.41) is 10.4. The van der Waals surface area contributed by atoms with Crippen LogP contribution in [0, 0.1) is 29.5 Å². The van der Waals surface area contributed by atoms with Gasteiger partial charge in [0.25, 0.3) is 11.8 Å². The van der Waals surface area contributed by atoms with Crippen LogP contribution in [0.5, 0.6) is 17.2 Å². The monoisotopic (exact) mass is 670 g/mol. The number of likely N-dealkylation sites (tertiary alicyclic amines) is 1. The van der Waals surface area contributed by atoms with E-state index in [0.717, 1.165) is 17.0 Å². The van der Waals surface area contributed by atoms with Crippen molar-refractivity contribution in [3.05, 3.63) is 65.5 Å². The van der Waals surface area contributed by atoms with E-state index >= 15 is 0 Å². The summed E-state index contributed by atoms with van der Waals surface area (Å²) >= 11 is 14.7. The fourth-order valence-corrected chi connectivity index (χ4v) is 8.42. The van der Waals surface area contributed by atoms with Crippen molar-refractivity contribution >= 4 is 58.6 Å². The molecule has 1 N–H and O–H groups in total. The highest BCUT2D eigenvalue weighted by Gasteiger charge is 2.76. The number of ether oxygens (including phenoxy) is 2. The van der Waals surface area contributed by atoms with Gasteiger partial charge >= 0.3 is 0 Å². The molecule has 6 atom stereocenters. The molecule has 2 aromatic carbocycles. The van der Waals surface area contributed by atoms with Crippen LogP contribution in [0.3, 0.4) is 0 Å². The minimum atomic E-state index is -2.05. The van der Waals surface area contributed by atoms with E-state index in [-0.39, 0.29) is 47.6 Å². The number of phenols is 1. The number of halogens is 3. The first-order valence-corrected chi connectivity index (χ1v) is 15.6. The van der Waals surface area contributed by atoms with Gasteiger partial charge in [0.2, 0.25) is 17.6 Å². The number of rotatable bonds is 5. The van der Waals surface area contributed by atoms with E-state index in [1.165, 1.54) is 31.3 Å². The number of benzene rings is 2. The molecule has 1 saturated carbocycles. The first kappa shape index (κ1) is 32.1. The highest BCUT2D eigenvalue weighted by atomic mass is 35.5. The van der Waals surface area contributed by atoms with Crippen LogP contribution in [0.15, 0.2) is 54.1 Å². The number of hydrogen-bond acceptors (Lipinski definition) is 7. The minimum absolute atomic E-state index is 0.0995. The summed E-state index contributed by atoms with van der Waals surface area (Å²) in [5.41, 5.74) is 0.466. The second-order valence-electron chi connectivity index (χ2n) is 13.1. The lowest BCUT2D eigenvalue weighted by Crippen LogP contribution is -2.60. The number of anilines is 1. The van der Waals surface area contributed by atoms with Crippen LogP contribution >= 0.6 is 23.2 Å². The summed E-state index contributed by atoms with van der Waals surface area (Å²) in [6.45, 7) is 5.36. The molecule has 3 fully saturated rings. The van der Waals surface area contributed by atoms with E-state index in [1.54, 1.807) is 45.1 Å². The average molecular weight is 672 g/mol. The maximum absolute atomic E-state index is 14.4. The number of carbonyl (C=O) groups excluding carboxylic acids is 4. The number of aromatic hydroxyl groups is 1. The van der Waals surface area contributed by atoms with E-state index in [0.29, 0.717) is 11.1 Å². The molecule has 0 unspecified atom stereocenters. The third kappa shape index (κ3) is 4.40. The molecule has 4 aliphatic rings. The third-order valence-electron chi connectivity index (χ3n) is 9.61. The second kappa shape index (κ2) is 10.8. The van der Waals surface area contributed by atoms with Gasteiger partial charge in [0.1, 0.15) is 5.82 Å². The Morgan fingerprint density at radius 1 is 0.957 bits per heavy atom. The molecule has 2 aromatic rings. The molecule has 4 amide bonds. The van der Waals surface area contributed by atoms with Gasteiger partial charge < -0.3 is 14.6 Å². The Labute approximate surface area is 275 Å². The number of fused-ring (bicyclic) bond motifs is 4. The molecule has 0 spiro atoms. The van der Waals surface area contributed by atoms with Gasteiger partial charge in [-0.25, -0.2) is 9.29 Å². The van der Waals surface area contributed by atoms with E-state index < -0.39 is 56.6 Å². The molecule has 9 nitrogen and oxygen atoms in total. The quantitative estimate of drug-likeness (QED) is 0.255. The summed E-state index contributed by atoms with van der Waals surface area (Å²) < 4.78 is 24.4. The van der Waals surface area contributed by atoms with Crippen LogP contribution in [-0.2, 0) is 19.2 Å². The molecule has 0 bridgehead atoms. The Morgan fingerprint density at radius 3 is 2.13 bits per heavy atom. The summed E-state index contributed by atoms with van der Waals surface area (Å²) in [7, 11) is 2.78. The van der Waals surface area contributed by atoms with Crippen LogP contribution in [0.2, 0.25) is 0 Å². The first-order valence-electron chi connectivity index (χ1n) is 14.8. The molecule has 2 saturated heterocycles. The number of allylic oxidation sites excluding steroid dienone is 3. The third-order valence-corrected chi connectivity index (χ3v) is 11.0. The zero-order chi connectivity index (χ0) is 33.5. The maximum atomic E-state index is 14.4. The van der Waals surface area contributed by atoms with E-state index in [2.05, 4.69) is 0 Å². The lowest BCUT2D eigenvalue weighted by molar-refractivity contribution is -0.145. The molecule has 6 rings (SSSR count). The largest absolute Gasteiger partial charge is 0.502 e. The van der Waals surface area contributed by atoms with Gasteiger partial charge in [-0.15, -0.1) is 23.2 Å². The molecule has 0 aromatic heterocycles. The van der Waals surface area contributed by atoms with Gasteiger partial charge in [0, 0.05) is 11.5 Å². The number of amides is 4. The first-order chi connectivity index (χ1) is 21.6. The molecule has 2 aliphatic heterocycles. The summed E-state index contributed by atoms with van der Waals surface area (Å²) in [4.78, 5) is 54.3. The predicted octanol–water partition coefficient (Wildman–Crippen LogP) is 5.46. The fourth-order valence-electron chi connectivity index (χ4n) is 7.53. The minimum Gasteiger partial charge on any atom is -0.502 e. The number of hydrogen-bond donors (Lipinski definition) is 1. The number of carbonyl (C=O) groups is 4. The van der Waals surface area contributed by atoms with Crippen molar-refractivity contribution in [1.29, 1.82) is 0 Å². The highest BCUT2D eigenvalue weighted by Crippen LogP contribution is 2.63. The molecule has 242 valence electrons. The molecule has 12 heteroatoms. The number of phenolic OH excluding ortho intramolecular Hbond substituents is 1. The Balaban J connectivity index is 1.52. The number of nitrogens with zero attached hydrogens (tertiary/aromatic N) is 2. The summed E-state index contributed by atoms with van der Waals surface area (Å²) in [6.07, 6.45) is 5.21. The molecular formula is C34H33Cl2FN2O7. The summed E-state index contributed by atoms with van der Waals surface area (Å²) in [6, 6.07) is 7.96. The predicted molar refractivity (Wildman–Crippen MR) is 169 cm³/mol. The lowest BCUT2D eigenvalue weighted by Gasteiger charge is -2.49. The van der Waals surface area contributed by atoms with Gasteiger partial charge in [-0.05, 0) is 81.5 Å². The number of imide groups is 2. The Bertz CT molecular complexity index is 1710. The Morgan fingerprint density at radius 2 is 1.57 bits per heavy atom. The van der Waals surface area contributed by atoms with Crippen LogP contribution in [0.1, 0.15) is 39.2 Å². The van der Waals surface area contributed by atoms with Gasteiger partial charge in [-0.1, -0.05) is 23.8 Å². The van der Waals surface area contributed by atoms with Crippen molar-refractivity contribution in [2.24, 2.45) is 23.7 Å². The van der Waals surface area contributed by atoms with Crippen LogP contribution < -0.4 is 14.4 Å². The van der Waals surface area contributed by atoms with Crippen LogP contribution in [0.4, 0.5) is 10.1 Å². The van der Waals surface area contributed by atoms with Gasteiger partial charge in [0.15, 0.2) is 21.2 Å². The topological polar surface area (TPSA) is 113 Å². The van der Waals surface area contributed by atoms with Gasteiger partial charge in [-0.2, -0.15) is 0 Å². The van der Waals surface area contributed by atoms with Crippen molar-refractivity contribution in [1.82, 2.24) is 4.90 Å². The molecule has 2 heterocycles. The van der Waals surface area contributed by atoms with E-state index in [1.807, 2.05) is 6.08 Å². The standard InChI is InChI=1S/C34H33Cl2FN2O7/c1-32(2,3)39-28(41)21-12-11-20-22(26(21)29(39)42)16-33(35)30(43)38(19-9-7-18(37)8-10-19)31(44)34(33,36)23(20)13-6-17-14-24(45-4)27(40)25(15-17)46-5/h6-11,13-15,21-23,26,40H,12,16H2,1-5H3/t21-,22+,23-,26-,33+,34-/m0/s1. The summed E-state index contributed by atoms with van der Waals surface area (Å²) in [5.74, 6) is -5.87. The number of methoxy groups -OCH3 is 2. The van der Waals surface area contributed by atoms with Gasteiger partial charge in [0.05, 0.1) is 31.7 Å². The van der Waals surface area contributed by atoms with Crippen molar-refractivity contribution in [2.45, 2.75) is 48.9 Å². The van der Waals surface area contributed by atoms with Crippen molar-refractivity contribution in [3.8, 4) is 17.2 Å². The van der Waals surface area contributed by atoms with Crippen LogP contribution in [-0.4, -0.2) is 63.1 Å². The van der Waals surface area contributed by atoms with E-state index in [4.69, 9.17) is 32.7 Å². The highest BCUT2D eigenvalue weighted by molar-refractivity contribution is 6.58. The average Bonchev–Trinajstić information content (AvgIpc) is 3.35. The van der Waals surface area contributed by atoms with Crippen LogP contribution in [0.25, 0.3) is 6.08 Å². The Hall–Kier alpha value is -3.89. The molecule has 46 heavy (non-hydrogen) atoms.